The average molecular weight is 529 g/mol. The van der Waals surface area contributed by atoms with Crippen molar-refractivity contribution < 1.29 is 14.6 Å². The second-order valence-corrected chi connectivity index (χ2v) is 11.5. The zero-order chi connectivity index (χ0) is 27.4. The van der Waals surface area contributed by atoms with E-state index in [0.29, 0.717) is 64.4 Å². The molecule has 1 saturated carbocycles. The molecule has 2 atom stereocenters. The van der Waals surface area contributed by atoms with Gasteiger partial charge in [0.2, 0.25) is 11.8 Å². The number of anilines is 1. The first-order valence-electron chi connectivity index (χ1n) is 13.8. The third-order valence-corrected chi connectivity index (χ3v) is 8.22. The molecule has 2 N–H and O–H groups in total. The molecular formula is C30H36N6O3. The molecule has 0 spiro atoms. The van der Waals surface area contributed by atoms with Crippen molar-refractivity contribution in [2.24, 2.45) is 18.9 Å². The Balaban J connectivity index is 1.51. The van der Waals surface area contributed by atoms with Gasteiger partial charge in [-0.1, -0.05) is 13.8 Å². The van der Waals surface area contributed by atoms with Crippen LogP contribution in [0.4, 0.5) is 5.95 Å². The van der Waals surface area contributed by atoms with E-state index < -0.39 is 0 Å². The first-order chi connectivity index (χ1) is 18.7. The molecule has 39 heavy (non-hydrogen) atoms. The Morgan fingerprint density at radius 3 is 2.69 bits per heavy atom. The number of hydrogen-bond donors (Lipinski definition) is 2. The summed E-state index contributed by atoms with van der Waals surface area (Å²) in [6, 6.07) is 7.89. The van der Waals surface area contributed by atoms with E-state index in [0.717, 1.165) is 36.8 Å². The topological polar surface area (TPSA) is 107 Å². The predicted molar refractivity (Wildman–Crippen MR) is 150 cm³/mol. The van der Waals surface area contributed by atoms with Gasteiger partial charge in [0, 0.05) is 24.8 Å². The summed E-state index contributed by atoms with van der Waals surface area (Å²) in [4.78, 5) is 23.3. The molecule has 9 heteroatoms. The number of carbonyl (C=O) groups is 1. The molecule has 1 amide bonds. The van der Waals surface area contributed by atoms with Crippen molar-refractivity contribution in [1.29, 1.82) is 0 Å². The molecular weight excluding hydrogens is 492 g/mol. The molecule has 1 fully saturated rings. The van der Waals surface area contributed by atoms with E-state index in [2.05, 4.69) is 47.9 Å². The molecule has 6 rings (SSSR count). The lowest BCUT2D eigenvalue weighted by atomic mass is 9.97. The highest BCUT2D eigenvalue weighted by Gasteiger charge is 2.30. The summed E-state index contributed by atoms with van der Waals surface area (Å²) in [6.07, 6.45) is 3.19. The third kappa shape index (κ3) is 4.58. The minimum atomic E-state index is -0.254. The summed E-state index contributed by atoms with van der Waals surface area (Å²) in [7, 11) is 1.81. The number of aliphatic hydroxyl groups is 1. The summed E-state index contributed by atoms with van der Waals surface area (Å²) in [5.41, 5.74) is 7.27. The fourth-order valence-electron chi connectivity index (χ4n) is 6.34. The van der Waals surface area contributed by atoms with Crippen LogP contribution < -0.4 is 10.1 Å². The molecule has 4 heterocycles. The van der Waals surface area contributed by atoms with Crippen molar-refractivity contribution in [2.75, 3.05) is 11.9 Å². The van der Waals surface area contributed by atoms with E-state index in [1.807, 2.05) is 14.0 Å². The first-order valence-corrected chi connectivity index (χ1v) is 13.8. The molecule has 1 aromatic carbocycles. The molecule has 1 aliphatic heterocycles. The zero-order valence-corrected chi connectivity index (χ0v) is 23.3. The summed E-state index contributed by atoms with van der Waals surface area (Å²) in [5, 5.41) is 17.7. The number of pyridine rings is 1. The standard InChI is InChI=1S/C30H36N6O3/c1-16(2)22-12-26-23(8-17(22)3)32-30-33-28(38)21-9-18(4)31-24(11-21)27-25(14-37)34-35(5)29(27)39-15-20-7-6-19(10-20)13-36(26)30/h8-9,11-12,16,19-20,37H,6-7,10,13-15H2,1-5H3,(H,32,33,38)/t19-,20+/m1/s1. The lowest BCUT2D eigenvalue weighted by Gasteiger charge is -2.17. The lowest BCUT2D eigenvalue weighted by molar-refractivity contribution is 0.102. The monoisotopic (exact) mass is 528 g/mol. The normalized spacial score (nSPS) is 19.3. The van der Waals surface area contributed by atoms with Crippen molar-refractivity contribution in [3.63, 3.8) is 0 Å². The average Bonchev–Trinajstić information content (AvgIpc) is 3.56. The Morgan fingerprint density at radius 2 is 1.92 bits per heavy atom. The van der Waals surface area contributed by atoms with E-state index in [4.69, 9.17) is 14.7 Å². The van der Waals surface area contributed by atoms with Crippen LogP contribution in [0.3, 0.4) is 0 Å². The van der Waals surface area contributed by atoms with E-state index in [1.54, 1.807) is 16.8 Å². The van der Waals surface area contributed by atoms with Gasteiger partial charge in [0.1, 0.15) is 5.69 Å². The van der Waals surface area contributed by atoms with E-state index in [1.165, 1.54) is 11.1 Å². The summed E-state index contributed by atoms with van der Waals surface area (Å²) >= 11 is 0. The molecule has 204 valence electrons. The van der Waals surface area contributed by atoms with Gasteiger partial charge in [0.25, 0.3) is 5.91 Å². The highest BCUT2D eigenvalue weighted by atomic mass is 16.5. The largest absolute Gasteiger partial charge is 0.477 e. The molecule has 4 aromatic rings. The highest BCUT2D eigenvalue weighted by Crippen LogP contribution is 2.38. The molecule has 1 aliphatic carbocycles. The molecule has 2 aliphatic rings. The number of carbonyl (C=O) groups excluding carboxylic acids is 1. The molecule has 3 aromatic heterocycles. The van der Waals surface area contributed by atoms with Crippen LogP contribution in [-0.4, -0.2) is 41.9 Å². The lowest BCUT2D eigenvalue weighted by Crippen LogP contribution is -2.18. The molecule has 0 radical (unpaired) electrons. The van der Waals surface area contributed by atoms with Crippen molar-refractivity contribution in [3.8, 4) is 17.1 Å². The minimum absolute atomic E-state index is 0.253. The molecule has 0 saturated heterocycles. The van der Waals surface area contributed by atoms with Gasteiger partial charge in [-0.2, -0.15) is 5.10 Å². The Labute approximate surface area is 228 Å². The van der Waals surface area contributed by atoms with Gasteiger partial charge in [-0.15, -0.1) is 0 Å². The van der Waals surface area contributed by atoms with Crippen LogP contribution in [0.2, 0.25) is 0 Å². The Kier molecular flexibility index (Phi) is 6.41. The summed E-state index contributed by atoms with van der Waals surface area (Å²) < 4.78 is 10.2. The molecule has 4 bridgehead atoms. The van der Waals surface area contributed by atoms with Crippen LogP contribution >= 0.6 is 0 Å². The van der Waals surface area contributed by atoms with Gasteiger partial charge in [-0.3, -0.25) is 15.1 Å². The van der Waals surface area contributed by atoms with Crippen LogP contribution in [0.5, 0.6) is 5.88 Å². The number of aliphatic hydroxyl groups excluding tert-OH is 1. The Bertz CT molecular complexity index is 1580. The van der Waals surface area contributed by atoms with Gasteiger partial charge in [0.05, 0.1) is 35.5 Å². The fraction of sp³-hybridized carbons (Fsp3) is 0.467. The maximum atomic E-state index is 13.7. The first kappa shape index (κ1) is 25.6. The third-order valence-electron chi connectivity index (χ3n) is 8.22. The van der Waals surface area contributed by atoms with Crippen LogP contribution in [0.25, 0.3) is 22.3 Å². The number of nitrogens with one attached hydrogen (secondary N) is 1. The van der Waals surface area contributed by atoms with Gasteiger partial charge in [-0.25, -0.2) is 9.67 Å². The number of fused-ring (bicyclic) bond motifs is 9. The molecule has 0 unspecified atom stereocenters. The highest BCUT2D eigenvalue weighted by molar-refractivity contribution is 6.05. The quantitative estimate of drug-likeness (QED) is 0.374. The number of aryl methyl sites for hydroxylation is 3. The van der Waals surface area contributed by atoms with Crippen molar-refractivity contribution in [2.45, 2.75) is 66.0 Å². The number of nitrogens with zero attached hydrogens (tertiary/aromatic N) is 5. The second kappa shape index (κ2) is 9.79. The van der Waals surface area contributed by atoms with Crippen LogP contribution in [0.15, 0.2) is 24.3 Å². The van der Waals surface area contributed by atoms with Gasteiger partial charge < -0.3 is 14.4 Å². The van der Waals surface area contributed by atoms with Gasteiger partial charge >= 0.3 is 0 Å². The minimum Gasteiger partial charge on any atom is -0.477 e. The number of aromatic nitrogens is 5. The zero-order valence-electron chi connectivity index (χ0n) is 23.3. The Morgan fingerprint density at radius 1 is 1.13 bits per heavy atom. The smallest absolute Gasteiger partial charge is 0.258 e. The summed E-state index contributed by atoms with van der Waals surface area (Å²) in [5.74, 6) is 2.13. The van der Waals surface area contributed by atoms with Gasteiger partial charge in [-0.05, 0) is 86.3 Å². The SMILES string of the molecule is Cc1cc2cc(n1)-c1c(CO)nn(C)c1OC[C@H]1CC[C@H](C1)Cn1c(nc3cc(C)c(C(C)C)cc31)NC2=O. The van der Waals surface area contributed by atoms with E-state index in [-0.39, 0.29) is 12.5 Å². The van der Waals surface area contributed by atoms with Crippen molar-refractivity contribution in [3.05, 3.63) is 52.3 Å². The maximum absolute atomic E-state index is 13.7. The second-order valence-electron chi connectivity index (χ2n) is 11.5. The fourth-order valence-corrected chi connectivity index (χ4v) is 6.34. The number of ether oxygens (including phenoxy) is 1. The van der Waals surface area contributed by atoms with Crippen LogP contribution in [0.1, 0.15) is 71.9 Å². The van der Waals surface area contributed by atoms with Crippen molar-refractivity contribution >= 4 is 22.9 Å². The number of benzene rings is 1. The number of imidazole rings is 1. The Hall–Kier alpha value is -3.72. The van der Waals surface area contributed by atoms with E-state index in [9.17, 15) is 9.90 Å². The van der Waals surface area contributed by atoms with Crippen LogP contribution in [0, 0.1) is 25.7 Å². The van der Waals surface area contributed by atoms with Crippen LogP contribution in [-0.2, 0) is 20.2 Å². The summed E-state index contributed by atoms with van der Waals surface area (Å²) in [6.45, 7) is 9.50. The number of rotatable bonds is 2. The van der Waals surface area contributed by atoms with Crippen molar-refractivity contribution in [1.82, 2.24) is 24.3 Å². The number of amides is 1. The maximum Gasteiger partial charge on any atom is 0.258 e. The molecule has 9 nitrogen and oxygen atoms in total. The predicted octanol–water partition coefficient (Wildman–Crippen LogP) is 5.13. The number of hydrogen-bond acceptors (Lipinski definition) is 6. The van der Waals surface area contributed by atoms with Gasteiger partial charge in [0.15, 0.2) is 0 Å². The van der Waals surface area contributed by atoms with E-state index >= 15 is 0 Å².